The number of carboxylic acids is 1. The minimum absolute atomic E-state index is 0.0388. The van der Waals surface area contributed by atoms with Crippen molar-refractivity contribution in [1.82, 2.24) is 20.0 Å². The Bertz CT molecular complexity index is 969. The van der Waals surface area contributed by atoms with E-state index in [2.05, 4.69) is 15.3 Å². The first-order valence-corrected chi connectivity index (χ1v) is 6.39. The van der Waals surface area contributed by atoms with E-state index in [1.807, 2.05) is 36.4 Å². The van der Waals surface area contributed by atoms with Crippen LogP contribution in [0.25, 0.3) is 27.5 Å². The van der Waals surface area contributed by atoms with Crippen LogP contribution in [0.2, 0.25) is 0 Å². The summed E-state index contributed by atoms with van der Waals surface area (Å²) in [6.07, 6.45) is 1.68. The predicted octanol–water partition coefficient (Wildman–Crippen LogP) is 2.60. The zero-order valence-corrected chi connectivity index (χ0v) is 10.8. The number of rotatable bonds is 2. The third-order valence-corrected chi connectivity index (χ3v) is 3.47. The van der Waals surface area contributed by atoms with Crippen LogP contribution >= 0.6 is 0 Å². The molecule has 6 heteroatoms. The third-order valence-electron chi connectivity index (χ3n) is 3.47. The van der Waals surface area contributed by atoms with Crippen molar-refractivity contribution in [2.75, 3.05) is 0 Å². The average Bonchev–Trinajstić information content (AvgIpc) is 3.11. The van der Waals surface area contributed by atoms with Gasteiger partial charge in [0.05, 0.1) is 22.9 Å². The Morgan fingerprint density at radius 1 is 1.10 bits per heavy atom. The van der Waals surface area contributed by atoms with Crippen LogP contribution in [0, 0.1) is 0 Å². The number of para-hydroxylation sites is 1. The number of aromatic amines is 1. The van der Waals surface area contributed by atoms with Crippen molar-refractivity contribution in [1.29, 1.82) is 0 Å². The van der Waals surface area contributed by atoms with Gasteiger partial charge in [0, 0.05) is 10.8 Å². The molecule has 0 bridgehead atoms. The molecular weight excluding hydrogens is 268 g/mol. The molecule has 0 saturated carbocycles. The van der Waals surface area contributed by atoms with Crippen molar-refractivity contribution < 1.29 is 9.90 Å². The summed E-state index contributed by atoms with van der Waals surface area (Å²) in [4.78, 5) is 11.4. The van der Waals surface area contributed by atoms with Crippen LogP contribution in [0.5, 0.6) is 0 Å². The number of nitrogens with one attached hydrogen (secondary N) is 1. The lowest BCUT2D eigenvalue weighted by molar-refractivity contribution is 0.0692. The molecule has 2 heterocycles. The van der Waals surface area contributed by atoms with E-state index in [4.69, 9.17) is 0 Å². The van der Waals surface area contributed by atoms with E-state index in [9.17, 15) is 9.90 Å². The third kappa shape index (κ3) is 1.62. The fraction of sp³-hybridized carbons (Fsp3) is 0. The summed E-state index contributed by atoms with van der Waals surface area (Å²) in [5.41, 5.74) is 2.43. The molecule has 0 aliphatic rings. The fourth-order valence-electron chi connectivity index (χ4n) is 2.54. The van der Waals surface area contributed by atoms with Gasteiger partial charge in [0.15, 0.2) is 5.69 Å². The smallest absolute Gasteiger partial charge is 0.357 e. The highest BCUT2D eigenvalue weighted by molar-refractivity contribution is 6.11. The molecule has 2 aromatic carbocycles. The molecule has 0 fully saturated rings. The Hall–Kier alpha value is -3.15. The molecule has 0 radical (unpaired) electrons. The van der Waals surface area contributed by atoms with Crippen molar-refractivity contribution in [2.24, 2.45) is 0 Å². The Morgan fingerprint density at radius 2 is 1.90 bits per heavy atom. The number of hydrogen-bond acceptors (Lipinski definition) is 3. The van der Waals surface area contributed by atoms with E-state index in [1.165, 1.54) is 0 Å². The van der Waals surface area contributed by atoms with E-state index in [0.29, 0.717) is 5.39 Å². The summed E-state index contributed by atoms with van der Waals surface area (Å²) < 4.78 is 1.65. The zero-order chi connectivity index (χ0) is 14.4. The molecule has 0 atom stereocenters. The molecule has 0 saturated heterocycles. The van der Waals surface area contributed by atoms with Crippen LogP contribution in [0.4, 0.5) is 0 Å². The molecule has 2 N–H and O–H groups in total. The number of benzene rings is 2. The highest BCUT2D eigenvalue weighted by atomic mass is 16.4. The number of aromatic carboxylic acids is 1. The van der Waals surface area contributed by atoms with Crippen molar-refractivity contribution in [2.45, 2.75) is 0 Å². The van der Waals surface area contributed by atoms with Crippen LogP contribution in [-0.4, -0.2) is 31.1 Å². The molecule has 4 rings (SSSR count). The summed E-state index contributed by atoms with van der Waals surface area (Å²) in [5.74, 6) is -1.04. The maximum atomic E-state index is 11.4. The van der Waals surface area contributed by atoms with Gasteiger partial charge in [-0.3, -0.25) is 5.10 Å². The molecule has 2 aromatic heterocycles. The topological polar surface area (TPSA) is 83.8 Å². The number of H-pyrrole nitrogens is 1. The van der Waals surface area contributed by atoms with Crippen LogP contribution in [0.15, 0.2) is 48.7 Å². The van der Waals surface area contributed by atoms with E-state index >= 15 is 0 Å². The SMILES string of the molecule is O=C(O)c1nn(-c2ccccc2)c2c1ccc1[nH]ncc12. The highest BCUT2D eigenvalue weighted by Gasteiger charge is 2.19. The van der Waals surface area contributed by atoms with Gasteiger partial charge in [-0.2, -0.15) is 10.2 Å². The molecule has 6 nitrogen and oxygen atoms in total. The van der Waals surface area contributed by atoms with Gasteiger partial charge >= 0.3 is 5.97 Å². The second-order valence-corrected chi connectivity index (χ2v) is 4.69. The normalized spacial score (nSPS) is 11.2. The van der Waals surface area contributed by atoms with Crippen molar-refractivity contribution in [3.63, 3.8) is 0 Å². The summed E-state index contributed by atoms with van der Waals surface area (Å²) in [6, 6.07) is 13.0. The number of aromatic nitrogens is 4. The zero-order valence-electron chi connectivity index (χ0n) is 10.8. The summed E-state index contributed by atoms with van der Waals surface area (Å²) in [7, 11) is 0. The van der Waals surface area contributed by atoms with Gasteiger partial charge in [-0.1, -0.05) is 18.2 Å². The van der Waals surface area contributed by atoms with Gasteiger partial charge in [0.1, 0.15) is 0 Å². The summed E-state index contributed by atoms with van der Waals surface area (Å²) in [5, 5.41) is 22.0. The van der Waals surface area contributed by atoms with Gasteiger partial charge in [0.25, 0.3) is 0 Å². The molecular formula is C15H10N4O2. The maximum Gasteiger partial charge on any atom is 0.357 e. The molecule has 4 aromatic rings. The van der Waals surface area contributed by atoms with Gasteiger partial charge in [-0.15, -0.1) is 0 Å². The average molecular weight is 278 g/mol. The molecule has 21 heavy (non-hydrogen) atoms. The van der Waals surface area contributed by atoms with Crippen molar-refractivity contribution in [3.05, 3.63) is 54.4 Å². The lowest BCUT2D eigenvalue weighted by Crippen LogP contribution is -2.01. The Morgan fingerprint density at radius 3 is 2.67 bits per heavy atom. The first kappa shape index (κ1) is 11.7. The molecule has 0 aliphatic carbocycles. The number of carboxylic acid groups (broad SMARTS) is 1. The van der Waals surface area contributed by atoms with Crippen LogP contribution in [0.1, 0.15) is 10.5 Å². The molecule has 0 spiro atoms. The number of fused-ring (bicyclic) bond motifs is 3. The maximum absolute atomic E-state index is 11.4. The highest BCUT2D eigenvalue weighted by Crippen LogP contribution is 2.28. The number of nitrogens with zero attached hydrogens (tertiary/aromatic N) is 3. The summed E-state index contributed by atoms with van der Waals surface area (Å²) >= 11 is 0. The van der Waals surface area contributed by atoms with Crippen LogP contribution in [0.3, 0.4) is 0 Å². The predicted molar refractivity (Wildman–Crippen MR) is 77.7 cm³/mol. The lowest BCUT2D eigenvalue weighted by atomic mass is 10.1. The van der Waals surface area contributed by atoms with Crippen LogP contribution in [-0.2, 0) is 0 Å². The van der Waals surface area contributed by atoms with E-state index in [-0.39, 0.29) is 5.69 Å². The molecule has 0 aliphatic heterocycles. The molecule has 102 valence electrons. The number of hydrogen-bond donors (Lipinski definition) is 2. The second kappa shape index (κ2) is 4.17. The van der Waals surface area contributed by atoms with Crippen molar-refractivity contribution in [3.8, 4) is 5.69 Å². The monoisotopic (exact) mass is 278 g/mol. The largest absolute Gasteiger partial charge is 0.476 e. The first-order valence-electron chi connectivity index (χ1n) is 6.39. The first-order chi connectivity index (χ1) is 10.3. The van der Waals surface area contributed by atoms with Gasteiger partial charge in [-0.25, -0.2) is 9.48 Å². The van der Waals surface area contributed by atoms with E-state index in [1.54, 1.807) is 16.9 Å². The minimum atomic E-state index is -1.04. The van der Waals surface area contributed by atoms with E-state index < -0.39 is 5.97 Å². The lowest BCUT2D eigenvalue weighted by Gasteiger charge is -2.03. The Kier molecular flexibility index (Phi) is 2.32. The van der Waals surface area contributed by atoms with Gasteiger partial charge in [0.2, 0.25) is 0 Å². The van der Waals surface area contributed by atoms with Crippen molar-refractivity contribution >= 4 is 27.8 Å². The molecule has 0 amide bonds. The fourth-order valence-corrected chi connectivity index (χ4v) is 2.54. The Labute approximate surface area is 118 Å². The van der Waals surface area contributed by atoms with Gasteiger partial charge < -0.3 is 5.11 Å². The Balaban J connectivity index is 2.19. The second-order valence-electron chi connectivity index (χ2n) is 4.69. The molecule has 0 unspecified atom stereocenters. The standard InChI is InChI=1S/C15H10N4O2/c20-15(21)13-10-6-7-12-11(8-16-17-12)14(10)19(18-13)9-4-2-1-3-5-9/h1-8H,(H,16,17)(H,20,21). The quantitative estimate of drug-likeness (QED) is 0.590. The van der Waals surface area contributed by atoms with Gasteiger partial charge in [-0.05, 0) is 24.3 Å². The van der Waals surface area contributed by atoms with Crippen LogP contribution < -0.4 is 0 Å². The summed E-state index contributed by atoms with van der Waals surface area (Å²) in [6.45, 7) is 0. The van der Waals surface area contributed by atoms with E-state index in [0.717, 1.165) is 22.1 Å². The number of carbonyl (C=O) groups is 1. The minimum Gasteiger partial charge on any atom is -0.476 e.